The van der Waals surface area contributed by atoms with Crippen molar-refractivity contribution in [2.24, 2.45) is 56.2 Å². The maximum atomic E-state index is 14.4. The number of esters is 1. The predicted molar refractivity (Wildman–Crippen MR) is 141 cm³/mol. The van der Waals surface area contributed by atoms with E-state index in [0.29, 0.717) is 6.42 Å². The Bertz CT molecular complexity index is 1140. The van der Waals surface area contributed by atoms with Gasteiger partial charge >= 0.3 is 5.97 Å². The molecule has 0 aromatic heterocycles. The van der Waals surface area contributed by atoms with Crippen molar-refractivity contribution in [1.29, 1.82) is 5.26 Å². The summed E-state index contributed by atoms with van der Waals surface area (Å²) in [5.41, 5.74) is -1.63. The van der Waals surface area contributed by atoms with Crippen LogP contribution in [0.4, 0.5) is 0 Å². The summed E-state index contributed by atoms with van der Waals surface area (Å²) in [4.78, 5) is 41.0. The predicted octanol–water partition coefficient (Wildman–Crippen LogP) is 6.46. The fourth-order valence-corrected chi connectivity index (χ4v) is 10.9. The molecule has 5 heteroatoms. The average molecular weight is 508 g/mol. The number of hydrogen-bond acceptors (Lipinski definition) is 5. The molecule has 0 bridgehead atoms. The summed E-state index contributed by atoms with van der Waals surface area (Å²) in [5.74, 6) is 0.0839. The fraction of sp³-hybridized carbons (Fsp3) is 0.812. The minimum atomic E-state index is -0.628. The molecule has 0 amide bonds. The van der Waals surface area contributed by atoms with Crippen LogP contribution in [0.3, 0.4) is 0 Å². The molecule has 202 valence electrons. The number of ether oxygens (including phenoxy) is 1. The summed E-state index contributed by atoms with van der Waals surface area (Å²) in [5, 5.41) is 9.88. The SMILES string of the molecule is COC(=O)[C@]12CCC(C)(C)CC1C1C(=O)CC3[C@@]4(C)C=C(C#N)C(=O)C(C)(C)[C@@H]4CC[C@@]3(C)[C@]1(C)CC2. The van der Waals surface area contributed by atoms with Crippen molar-refractivity contribution in [3.8, 4) is 6.07 Å². The van der Waals surface area contributed by atoms with Crippen LogP contribution in [0.15, 0.2) is 11.6 Å². The Hall–Kier alpha value is -1.96. The molecule has 0 aliphatic heterocycles. The number of allylic oxidation sites excluding steroid dienone is 2. The summed E-state index contributed by atoms with van der Waals surface area (Å²) >= 11 is 0. The van der Waals surface area contributed by atoms with Crippen LogP contribution in [-0.2, 0) is 19.1 Å². The van der Waals surface area contributed by atoms with Crippen LogP contribution in [0.5, 0.6) is 0 Å². The highest BCUT2D eigenvalue weighted by Gasteiger charge is 2.73. The quantitative estimate of drug-likeness (QED) is 0.380. The Balaban J connectivity index is 1.65. The van der Waals surface area contributed by atoms with Gasteiger partial charge in [-0.1, -0.05) is 54.5 Å². The van der Waals surface area contributed by atoms with Gasteiger partial charge in [-0.3, -0.25) is 14.4 Å². The first-order valence-corrected chi connectivity index (χ1v) is 14.3. The molecule has 5 aliphatic carbocycles. The number of carbonyl (C=O) groups excluding carboxylic acids is 3. The van der Waals surface area contributed by atoms with E-state index in [1.54, 1.807) is 0 Å². The first-order chi connectivity index (χ1) is 17.0. The first kappa shape index (κ1) is 26.6. The summed E-state index contributed by atoms with van der Waals surface area (Å²) in [7, 11) is 1.50. The molecule has 37 heavy (non-hydrogen) atoms. The van der Waals surface area contributed by atoms with Gasteiger partial charge in [-0.15, -0.1) is 0 Å². The highest BCUT2D eigenvalue weighted by Crippen LogP contribution is 2.75. The molecule has 0 radical (unpaired) electrons. The third-order valence-electron chi connectivity index (χ3n) is 13.1. The van der Waals surface area contributed by atoms with Crippen molar-refractivity contribution in [1.82, 2.24) is 0 Å². The lowest BCUT2D eigenvalue weighted by atomic mass is 9.31. The number of carbonyl (C=O) groups is 3. The molecule has 0 spiro atoms. The Kier molecular flexibility index (Phi) is 5.61. The van der Waals surface area contributed by atoms with Gasteiger partial charge in [0.2, 0.25) is 0 Å². The highest BCUT2D eigenvalue weighted by molar-refractivity contribution is 6.04. The van der Waals surface area contributed by atoms with Crippen LogP contribution < -0.4 is 0 Å². The normalized spacial score (nSPS) is 47.8. The third-order valence-corrected chi connectivity index (χ3v) is 13.1. The highest BCUT2D eigenvalue weighted by atomic mass is 16.5. The minimum Gasteiger partial charge on any atom is -0.469 e. The van der Waals surface area contributed by atoms with Crippen LogP contribution in [0.1, 0.15) is 99.8 Å². The molecule has 8 atom stereocenters. The third kappa shape index (κ3) is 3.17. The molecule has 0 N–H and O–H groups in total. The standard InChI is InChI=1S/C32H45NO4/c1-27(2)11-13-32(26(36)37-8)14-12-31(7)24(20(32)17-27)21(34)15-23-29(5)16-19(18-33)25(35)28(3,4)22(29)9-10-30(23,31)6/h16,20,22-24H,9-15,17H2,1-8H3/t20?,22-,23?,24?,29-,30+,31+,32-/m0/s1. The lowest BCUT2D eigenvalue weighted by Gasteiger charge is -2.71. The van der Waals surface area contributed by atoms with Crippen molar-refractivity contribution in [2.45, 2.75) is 99.8 Å². The van der Waals surface area contributed by atoms with Crippen LogP contribution in [-0.4, -0.2) is 24.6 Å². The molecule has 5 aliphatic rings. The summed E-state index contributed by atoms with van der Waals surface area (Å²) in [6.45, 7) is 15.5. The number of methoxy groups -OCH3 is 1. The molecule has 0 saturated heterocycles. The molecular weight excluding hydrogens is 462 g/mol. The number of ketones is 2. The van der Waals surface area contributed by atoms with Crippen molar-refractivity contribution in [3.05, 3.63) is 11.6 Å². The van der Waals surface area contributed by atoms with Crippen molar-refractivity contribution < 1.29 is 19.1 Å². The van der Waals surface area contributed by atoms with E-state index in [9.17, 15) is 19.6 Å². The molecule has 0 heterocycles. The van der Waals surface area contributed by atoms with Crippen molar-refractivity contribution in [3.63, 3.8) is 0 Å². The van der Waals surface area contributed by atoms with E-state index in [4.69, 9.17) is 4.74 Å². The largest absolute Gasteiger partial charge is 0.469 e. The van der Waals surface area contributed by atoms with Gasteiger partial charge in [0.25, 0.3) is 0 Å². The smallest absolute Gasteiger partial charge is 0.312 e. The van der Waals surface area contributed by atoms with Gasteiger partial charge in [0.1, 0.15) is 11.9 Å². The number of Topliss-reactive ketones (excluding diaryl/α,β-unsaturated/α-hetero) is 2. The first-order valence-electron chi connectivity index (χ1n) is 14.3. The monoisotopic (exact) mass is 507 g/mol. The van der Waals surface area contributed by atoms with E-state index in [-0.39, 0.29) is 63.0 Å². The lowest BCUT2D eigenvalue weighted by molar-refractivity contribution is -0.226. The van der Waals surface area contributed by atoms with E-state index in [0.717, 1.165) is 44.9 Å². The maximum Gasteiger partial charge on any atom is 0.312 e. The zero-order valence-electron chi connectivity index (χ0n) is 24.1. The number of nitriles is 1. The second-order valence-electron chi connectivity index (χ2n) is 15.3. The van der Waals surface area contributed by atoms with E-state index >= 15 is 0 Å². The number of nitrogens with zero attached hydrogens (tertiary/aromatic N) is 1. The molecular formula is C32H45NO4. The second-order valence-corrected chi connectivity index (χ2v) is 15.3. The summed E-state index contributed by atoms with van der Waals surface area (Å²) in [6.07, 6.45) is 8.52. The van der Waals surface area contributed by atoms with Gasteiger partial charge in [-0.2, -0.15) is 5.26 Å². The second kappa shape index (κ2) is 7.80. The summed E-state index contributed by atoms with van der Waals surface area (Å²) < 4.78 is 5.42. The van der Waals surface area contributed by atoms with E-state index in [1.807, 2.05) is 19.9 Å². The minimum absolute atomic E-state index is 0.00663. The lowest BCUT2D eigenvalue weighted by Crippen LogP contribution is -2.69. The van der Waals surface area contributed by atoms with Crippen LogP contribution in [0.2, 0.25) is 0 Å². The molecule has 5 nitrogen and oxygen atoms in total. The average Bonchev–Trinajstić information content (AvgIpc) is 2.82. The molecule has 3 unspecified atom stereocenters. The Morgan fingerprint density at radius 2 is 1.59 bits per heavy atom. The van der Waals surface area contributed by atoms with Gasteiger partial charge in [-0.25, -0.2) is 0 Å². The van der Waals surface area contributed by atoms with Gasteiger partial charge in [0.05, 0.1) is 18.1 Å². The molecule has 5 rings (SSSR count). The number of rotatable bonds is 1. The van der Waals surface area contributed by atoms with Gasteiger partial charge in [0.15, 0.2) is 5.78 Å². The zero-order chi connectivity index (χ0) is 27.4. The van der Waals surface area contributed by atoms with Crippen LogP contribution in [0, 0.1) is 67.5 Å². The van der Waals surface area contributed by atoms with Gasteiger partial charge < -0.3 is 4.74 Å². The topological polar surface area (TPSA) is 84.2 Å². The molecule has 4 saturated carbocycles. The van der Waals surface area contributed by atoms with Crippen molar-refractivity contribution >= 4 is 17.5 Å². The maximum absolute atomic E-state index is 14.4. The fourth-order valence-electron chi connectivity index (χ4n) is 10.9. The van der Waals surface area contributed by atoms with E-state index < -0.39 is 16.2 Å². The number of hydrogen-bond donors (Lipinski definition) is 0. The molecule has 0 aromatic rings. The van der Waals surface area contributed by atoms with Crippen LogP contribution in [0.25, 0.3) is 0 Å². The zero-order valence-corrected chi connectivity index (χ0v) is 24.1. The molecule has 4 fully saturated rings. The van der Waals surface area contributed by atoms with Gasteiger partial charge in [-0.05, 0) is 84.4 Å². The van der Waals surface area contributed by atoms with Crippen molar-refractivity contribution in [2.75, 3.05) is 7.11 Å². The Morgan fingerprint density at radius 1 is 0.946 bits per heavy atom. The molecule has 0 aromatic carbocycles. The van der Waals surface area contributed by atoms with Gasteiger partial charge in [0, 0.05) is 17.8 Å². The Labute approximate surface area is 222 Å². The van der Waals surface area contributed by atoms with E-state index in [2.05, 4.69) is 40.7 Å². The number of fused-ring (bicyclic) bond motifs is 7. The summed E-state index contributed by atoms with van der Waals surface area (Å²) in [6, 6.07) is 2.20. The van der Waals surface area contributed by atoms with Crippen LogP contribution >= 0.6 is 0 Å². The van der Waals surface area contributed by atoms with E-state index in [1.165, 1.54) is 7.11 Å². The Morgan fingerprint density at radius 3 is 2.22 bits per heavy atom.